The second-order valence-electron chi connectivity index (χ2n) is 3.29. The van der Waals surface area contributed by atoms with Crippen molar-refractivity contribution >= 4 is 11.6 Å². The Morgan fingerprint density at radius 3 is 2.31 bits per heavy atom. The fourth-order valence-corrected chi connectivity index (χ4v) is 1.70. The van der Waals surface area contributed by atoms with Crippen LogP contribution in [0.15, 0.2) is 12.1 Å². The first-order valence-corrected chi connectivity index (χ1v) is 5.83. The van der Waals surface area contributed by atoms with Crippen LogP contribution in [0.5, 0.6) is 11.5 Å². The molecule has 0 saturated heterocycles. The van der Waals surface area contributed by atoms with Crippen molar-refractivity contribution in [2.75, 3.05) is 20.3 Å². The molecule has 16 heavy (non-hydrogen) atoms. The van der Waals surface area contributed by atoms with E-state index in [1.165, 1.54) is 0 Å². The van der Waals surface area contributed by atoms with E-state index < -0.39 is 0 Å². The molecule has 0 aliphatic carbocycles. The minimum atomic E-state index is 0.594. The van der Waals surface area contributed by atoms with Crippen molar-refractivity contribution in [2.24, 2.45) is 0 Å². The Labute approximate surface area is 102 Å². The van der Waals surface area contributed by atoms with E-state index in [2.05, 4.69) is 5.32 Å². The van der Waals surface area contributed by atoms with Crippen molar-refractivity contribution in [3.05, 3.63) is 22.7 Å². The molecule has 0 aliphatic heterocycles. The second kappa shape index (κ2) is 6.61. The molecule has 0 aliphatic rings. The summed E-state index contributed by atoms with van der Waals surface area (Å²) in [6, 6.07) is 3.73. The zero-order valence-electron chi connectivity index (χ0n) is 9.97. The summed E-state index contributed by atoms with van der Waals surface area (Å²) < 4.78 is 11.0. The largest absolute Gasteiger partial charge is 0.493 e. The van der Waals surface area contributed by atoms with E-state index in [1.54, 1.807) is 0 Å². The van der Waals surface area contributed by atoms with Crippen molar-refractivity contribution in [2.45, 2.75) is 20.4 Å². The number of nitrogens with one attached hydrogen (secondary N) is 1. The predicted molar refractivity (Wildman–Crippen MR) is 66.6 cm³/mol. The predicted octanol–water partition coefficient (Wildman–Crippen LogP) is 2.86. The molecule has 0 fully saturated rings. The zero-order valence-corrected chi connectivity index (χ0v) is 10.7. The molecule has 3 nitrogen and oxygen atoms in total. The van der Waals surface area contributed by atoms with Gasteiger partial charge < -0.3 is 14.8 Å². The summed E-state index contributed by atoms with van der Waals surface area (Å²) >= 11 is 6.11. The van der Waals surface area contributed by atoms with Crippen LogP contribution in [0.1, 0.15) is 19.4 Å². The maximum Gasteiger partial charge on any atom is 0.141 e. The highest BCUT2D eigenvalue weighted by atomic mass is 35.5. The lowest BCUT2D eigenvalue weighted by atomic mass is 10.2. The molecule has 0 saturated carbocycles. The molecule has 1 N–H and O–H groups in total. The van der Waals surface area contributed by atoms with Crippen LogP contribution in [0.2, 0.25) is 5.02 Å². The van der Waals surface area contributed by atoms with Gasteiger partial charge in [0.05, 0.1) is 18.2 Å². The summed E-state index contributed by atoms with van der Waals surface area (Å²) in [4.78, 5) is 0. The van der Waals surface area contributed by atoms with Gasteiger partial charge in [-0.15, -0.1) is 0 Å². The first-order chi connectivity index (χ1) is 7.72. The third-order valence-electron chi connectivity index (χ3n) is 2.08. The molecule has 0 heterocycles. The molecule has 90 valence electrons. The summed E-state index contributed by atoms with van der Waals surface area (Å²) in [6.45, 7) is 5.83. The first kappa shape index (κ1) is 13.1. The minimum Gasteiger partial charge on any atom is -0.493 e. The lowest BCUT2D eigenvalue weighted by Crippen LogP contribution is -2.08. The van der Waals surface area contributed by atoms with Crippen LogP contribution in [0.3, 0.4) is 0 Å². The molecule has 0 aromatic heterocycles. The highest BCUT2D eigenvalue weighted by Gasteiger charge is 2.09. The van der Waals surface area contributed by atoms with Gasteiger partial charge in [0.1, 0.15) is 11.5 Å². The third-order valence-corrected chi connectivity index (χ3v) is 2.38. The Morgan fingerprint density at radius 1 is 1.12 bits per heavy atom. The molecule has 0 bridgehead atoms. The highest BCUT2D eigenvalue weighted by Crippen LogP contribution is 2.32. The number of rotatable bonds is 6. The van der Waals surface area contributed by atoms with Gasteiger partial charge in [0.25, 0.3) is 0 Å². The van der Waals surface area contributed by atoms with E-state index in [0.717, 1.165) is 17.9 Å². The van der Waals surface area contributed by atoms with Gasteiger partial charge in [-0.05, 0) is 27.0 Å². The van der Waals surface area contributed by atoms with Crippen LogP contribution in [0, 0.1) is 0 Å². The van der Waals surface area contributed by atoms with Crippen molar-refractivity contribution in [1.82, 2.24) is 5.32 Å². The number of halogens is 1. The van der Waals surface area contributed by atoms with Gasteiger partial charge in [-0.1, -0.05) is 11.6 Å². The summed E-state index contributed by atoms with van der Waals surface area (Å²) in [5.41, 5.74) is 1.04. The summed E-state index contributed by atoms with van der Waals surface area (Å²) in [5, 5.41) is 3.70. The maximum atomic E-state index is 6.11. The van der Waals surface area contributed by atoms with Crippen LogP contribution in [0.25, 0.3) is 0 Å². The SMILES string of the molecule is CCOc1cc(OCC)c(CNC)cc1Cl. The molecule has 1 aromatic carbocycles. The van der Waals surface area contributed by atoms with Crippen LogP contribution in [-0.4, -0.2) is 20.3 Å². The minimum absolute atomic E-state index is 0.594. The summed E-state index contributed by atoms with van der Waals surface area (Å²) in [5.74, 6) is 1.50. The molecule has 0 radical (unpaired) electrons. The highest BCUT2D eigenvalue weighted by molar-refractivity contribution is 6.32. The van der Waals surface area contributed by atoms with Gasteiger partial charge in [-0.2, -0.15) is 0 Å². The van der Waals surface area contributed by atoms with Crippen LogP contribution >= 0.6 is 11.6 Å². The van der Waals surface area contributed by atoms with E-state index in [-0.39, 0.29) is 0 Å². The van der Waals surface area contributed by atoms with Gasteiger partial charge in [0.15, 0.2) is 0 Å². The van der Waals surface area contributed by atoms with Crippen molar-refractivity contribution in [1.29, 1.82) is 0 Å². The Kier molecular flexibility index (Phi) is 5.43. The van der Waals surface area contributed by atoms with E-state index in [9.17, 15) is 0 Å². The Morgan fingerprint density at radius 2 is 1.75 bits per heavy atom. The molecule has 0 amide bonds. The molecule has 1 rings (SSSR count). The summed E-state index contributed by atoms with van der Waals surface area (Å²) in [6.07, 6.45) is 0. The molecule has 0 unspecified atom stereocenters. The molecule has 1 aromatic rings. The van der Waals surface area contributed by atoms with Gasteiger partial charge in [-0.25, -0.2) is 0 Å². The third kappa shape index (κ3) is 3.29. The molecular weight excluding hydrogens is 226 g/mol. The van der Waals surface area contributed by atoms with Crippen molar-refractivity contribution < 1.29 is 9.47 Å². The molecule has 4 heteroatoms. The van der Waals surface area contributed by atoms with E-state index in [4.69, 9.17) is 21.1 Å². The monoisotopic (exact) mass is 243 g/mol. The average molecular weight is 244 g/mol. The lowest BCUT2D eigenvalue weighted by molar-refractivity contribution is 0.320. The smallest absolute Gasteiger partial charge is 0.141 e. The molecule has 0 atom stereocenters. The fraction of sp³-hybridized carbons (Fsp3) is 0.500. The van der Waals surface area contributed by atoms with Gasteiger partial charge >= 0.3 is 0 Å². The Hall–Kier alpha value is -0.930. The number of benzene rings is 1. The fourth-order valence-electron chi connectivity index (χ4n) is 1.46. The normalized spacial score (nSPS) is 10.2. The second-order valence-corrected chi connectivity index (χ2v) is 3.69. The average Bonchev–Trinajstić information content (AvgIpc) is 2.25. The molecule has 0 spiro atoms. The topological polar surface area (TPSA) is 30.5 Å². The van der Waals surface area contributed by atoms with E-state index >= 15 is 0 Å². The first-order valence-electron chi connectivity index (χ1n) is 5.45. The number of ether oxygens (including phenoxy) is 2. The standard InChI is InChI=1S/C12H18ClNO2/c1-4-15-11-7-12(16-5-2)10(13)6-9(11)8-14-3/h6-7,14H,4-5,8H2,1-3H3. The Bertz CT molecular complexity index is 342. The van der Waals surface area contributed by atoms with Gasteiger partial charge in [0.2, 0.25) is 0 Å². The maximum absolute atomic E-state index is 6.11. The van der Waals surface area contributed by atoms with Crippen molar-refractivity contribution in [3.63, 3.8) is 0 Å². The van der Waals surface area contributed by atoms with Crippen LogP contribution < -0.4 is 14.8 Å². The Balaban J connectivity index is 3.03. The van der Waals surface area contributed by atoms with Crippen LogP contribution in [-0.2, 0) is 6.54 Å². The van der Waals surface area contributed by atoms with Gasteiger partial charge in [-0.3, -0.25) is 0 Å². The zero-order chi connectivity index (χ0) is 12.0. The number of hydrogen-bond acceptors (Lipinski definition) is 3. The van der Waals surface area contributed by atoms with E-state index in [1.807, 2.05) is 33.0 Å². The quantitative estimate of drug-likeness (QED) is 0.834. The lowest BCUT2D eigenvalue weighted by Gasteiger charge is -2.13. The number of hydrogen-bond donors (Lipinski definition) is 1. The van der Waals surface area contributed by atoms with Crippen molar-refractivity contribution in [3.8, 4) is 11.5 Å². The van der Waals surface area contributed by atoms with E-state index in [0.29, 0.717) is 24.0 Å². The van der Waals surface area contributed by atoms with Gasteiger partial charge in [0, 0.05) is 18.2 Å². The summed E-state index contributed by atoms with van der Waals surface area (Å²) in [7, 11) is 1.89. The molecular formula is C12H18ClNO2. The van der Waals surface area contributed by atoms with Crippen LogP contribution in [0.4, 0.5) is 0 Å².